The van der Waals surface area contributed by atoms with Gasteiger partial charge in [0, 0.05) is 43.0 Å². The number of non-ortho nitro benzene ring substituents is 1. The van der Waals surface area contributed by atoms with Gasteiger partial charge in [0.25, 0.3) is 13.1 Å². The first-order valence-corrected chi connectivity index (χ1v) is 12.5. The number of carbonyl (C=O) groups is 2. The van der Waals surface area contributed by atoms with Crippen LogP contribution in [0.4, 0.5) is 22.7 Å². The number of carbonyl (C=O) groups excluding carboxylic acids is 2. The zero-order valence-corrected chi connectivity index (χ0v) is 19.0. The van der Waals surface area contributed by atoms with Crippen LogP contribution >= 0.6 is 7.44 Å². The molecular weight excluding hydrogens is 455 g/mol. The molecule has 9 nitrogen and oxygen atoms in total. The molecule has 0 bridgehead atoms. The number of amides is 2. The molecule has 0 spiro atoms. The van der Waals surface area contributed by atoms with Gasteiger partial charge in [-0.3, -0.25) is 24.3 Å². The molecule has 2 heterocycles. The van der Waals surface area contributed by atoms with Crippen molar-refractivity contribution in [2.75, 3.05) is 27.3 Å². The minimum Gasteiger partial charge on any atom is -0.304 e. The highest BCUT2D eigenvalue weighted by molar-refractivity contribution is 7.69. The van der Waals surface area contributed by atoms with Gasteiger partial charge in [-0.15, -0.1) is 0 Å². The van der Waals surface area contributed by atoms with E-state index >= 15 is 0 Å². The van der Waals surface area contributed by atoms with Gasteiger partial charge in [-0.05, 0) is 36.4 Å². The zero-order valence-electron chi connectivity index (χ0n) is 18.1. The van der Waals surface area contributed by atoms with Gasteiger partial charge in [0.15, 0.2) is 0 Å². The van der Waals surface area contributed by atoms with Crippen molar-refractivity contribution < 1.29 is 19.1 Å². The summed E-state index contributed by atoms with van der Waals surface area (Å²) in [5, 5.41) is 11.0. The number of nitro groups is 1. The van der Waals surface area contributed by atoms with E-state index in [1.165, 1.54) is 24.3 Å². The second-order valence-electron chi connectivity index (χ2n) is 8.07. The van der Waals surface area contributed by atoms with Crippen molar-refractivity contribution in [2.24, 2.45) is 0 Å². The van der Waals surface area contributed by atoms with Crippen LogP contribution in [-0.2, 0) is 14.2 Å². The number of benzene rings is 3. The van der Waals surface area contributed by atoms with E-state index in [-0.39, 0.29) is 17.8 Å². The Morgan fingerprint density at radius 1 is 0.765 bits per heavy atom. The largest absolute Gasteiger partial charge is 0.304 e. The van der Waals surface area contributed by atoms with Crippen LogP contribution in [-0.4, -0.2) is 35.5 Å². The maximum atomic E-state index is 14.9. The number of rotatable bonds is 5. The maximum Gasteiger partial charge on any atom is 0.275 e. The molecule has 1 unspecified atom stereocenters. The molecule has 5 rings (SSSR count). The smallest absolute Gasteiger partial charge is 0.275 e. The van der Waals surface area contributed by atoms with E-state index in [0.717, 1.165) is 16.3 Å². The van der Waals surface area contributed by atoms with Crippen LogP contribution < -0.4 is 14.2 Å². The van der Waals surface area contributed by atoms with Crippen molar-refractivity contribution in [1.29, 1.82) is 0 Å². The van der Waals surface area contributed by atoms with Crippen LogP contribution in [0.25, 0.3) is 0 Å². The number of nitrogens with zero attached hydrogens (tertiary/aromatic N) is 4. The number of hydrogen-bond donors (Lipinski definition) is 0. The van der Waals surface area contributed by atoms with E-state index in [2.05, 4.69) is 0 Å². The average Bonchev–Trinajstić information content (AvgIpc) is 3.36. The summed E-state index contributed by atoms with van der Waals surface area (Å²) in [5.41, 5.74) is 0.453. The minimum atomic E-state index is -3.61. The van der Waals surface area contributed by atoms with Gasteiger partial charge in [-0.25, -0.2) is 4.90 Å². The molecule has 172 valence electrons. The first-order valence-electron chi connectivity index (χ1n) is 10.8. The fraction of sp³-hybridized carbons (Fsp3) is 0.167. The van der Waals surface area contributed by atoms with E-state index in [1.807, 2.05) is 60.7 Å². The molecule has 34 heavy (non-hydrogen) atoms. The molecule has 1 atom stereocenters. The van der Waals surface area contributed by atoms with Gasteiger partial charge in [0.2, 0.25) is 11.8 Å². The van der Waals surface area contributed by atoms with Gasteiger partial charge in [-0.2, -0.15) is 0 Å². The van der Waals surface area contributed by atoms with Gasteiger partial charge < -0.3 is 9.34 Å². The number of anilines is 3. The fourth-order valence-electron chi connectivity index (χ4n) is 4.61. The van der Waals surface area contributed by atoms with Gasteiger partial charge in [-0.1, -0.05) is 36.4 Å². The second-order valence-corrected chi connectivity index (χ2v) is 10.8. The van der Waals surface area contributed by atoms with Crippen LogP contribution in [0.2, 0.25) is 0 Å². The van der Waals surface area contributed by atoms with Crippen molar-refractivity contribution in [3.8, 4) is 0 Å². The van der Waals surface area contributed by atoms with Crippen LogP contribution in [0, 0.1) is 10.1 Å². The quantitative estimate of drug-likeness (QED) is 0.232. The number of nitro benzene ring substituents is 1. The van der Waals surface area contributed by atoms with E-state index in [1.54, 1.807) is 9.34 Å². The monoisotopic (exact) mass is 476 g/mol. The maximum absolute atomic E-state index is 14.9. The predicted molar refractivity (Wildman–Crippen MR) is 129 cm³/mol. The number of para-hydroxylation sites is 2. The minimum absolute atomic E-state index is 0.145. The lowest BCUT2D eigenvalue weighted by atomic mass is 10.2. The molecular formula is C24H21N4O5P. The molecule has 3 aromatic carbocycles. The molecule has 10 heteroatoms. The van der Waals surface area contributed by atoms with Crippen LogP contribution in [0.1, 0.15) is 6.42 Å². The molecule has 0 aliphatic carbocycles. The molecule has 0 radical (unpaired) electrons. The first kappa shape index (κ1) is 21.9. The summed E-state index contributed by atoms with van der Waals surface area (Å²) in [7, 11) is -3.61. The van der Waals surface area contributed by atoms with Crippen LogP contribution in [0.3, 0.4) is 0 Å². The third kappa shape index (κ3) is 3.45. The third-order valence-corrected chi connectivity index (χ3v) is 9.63. The van der Waals surface area contributed by atoms with E-state index in [4.69, 9.17) is 0 Å². The highest BCUT2D eigenvalue weighted by atomic mass is 31.2. The molecule has 2 aliphatic heterocycles. The Hall–Kier alpha value is -3.97. The van der Waals surface area contributed by atoms with Crippen LogP contribution in [0.5, 0.6) is 0 Å². The molecule has 0 saturated carbocycles. The molecule has 3 aromatic rings. The van der Waals surface area contributed by atoms with Crippen molar-refractivity contribution in [1.82, 2.24) is 0 Å². The Morgan fingerprint density at radius 3 is 1.74 bits per heavy atom. The topological polar surface area (TPSA) is 104 Å². The third-order valence-electron chi connectivity index (χ3n) is 6.17. The van der Waals surface area contributed by atoms with Crippen LogP contribution in [0.15, 0.2) is 84.9 Å². The average molecular weight is 476 g/mol. The van der Waals surface area contributed by atoms with Crippen molar-refractivity contribution in [3.05, 3.63) is 95.0 Å². The lowest BCUT2D eigenvalue weighted by Gasteiger charge is -2.35. The number of hydrogen-bond acceptors (Lipinski definition) is 5. The molecule has 2 saturated heterocycles. The Morgan fingerprint density at radius 2 is 1.26 bits per heavy atom. The predicted octanol–water partition coefficient (Wildman–Crippen LogP) is 4.45. The van der Waals surface area contributed by atoms with Gasteiger partial charge >= 0.3 is 0 Å². The fourth-order valence-corrected chi connectivity index (χ4v) is 8.02. The van der Waals surface area contributed by atoms with Crippen molar-refractivity contribution in [3.63, 3.8) is 0 Å². The summed E-state index contributed by atoms with van der Waals surface area (Å²) >= 11 is 0. The molecule has 0 aromatic heterocycles. The van der Waals surface area contributed by atoms with Crippen molar-refractivity contribution in [2.45, 2.75) is 12.1 Å². The Bertz CT molecular complexity index is 1250. The van der Waals surface area contributed by atoms with Gasteiger partial charge in [0.1, 0.15) is 5.66 Å². The summed E-state index contributed by atoms with van der Waals surface area (Å²) < 4.78 is 18.4. The summed E-state index contributed by atoms with van der Waals surface area (Å²) in [6.07, 6.45) is -0.209. The lowest BCUT2D eigenvalue weighted by Crippen LogP contribution is -2.36. The van der Waals surface area contributed by atoms with Gasteiger partial charge in [0.05, 0.1) is 10.6 Å². The molecule has 2 aliphatic rings. The second kappa shape index (κ2) is 8.43. The summed E-state index contributed by atoms with van der Waals surface area (Å²) in [5.74, 6) is -1.04. The zero-order chi connectivity index (χ0) is 23.9. The number of imide groups is 1. The molecule has 2 fully saturated rings. The SMILES string of the molecule is O=C1CC(P2(=O)N(c3ccccc3)CCN2c2ccccc2)C(=O)N1c1ccc([N+](=O)[O-])cc1. The standard InChI is InChI=1S/C24H21N4O5P/c29-23-17-22(24(30)27(23)20-11-13-21(14-12-20)28(31)32)34(33)25(18-7-3-1-4-8-18)15-16-26(34)19-9-5-2-6-10-19/h1-14,22H,15-17H2. The Kier molecular flexibility index (Phi) is 5.42. The normalized spacial score (nSPS) is 19.6. The molecule has 2 amide bonds. The molecule has 0 N–H and O–H groups in total. The summed E-state index contributed by atoms with van der Waals surface area (Å²) in [6.45, 7) is 0.872. The Balaban J connectivity index is 1.56. The highest BCUT2D eigenvalue weighted by Gasteiger charge is 2.57. The lowest BCUT2D eigenvalue weighted by molar-refractivity contribution is -0.384. The van der Waals surface area contributed by atoms with E-state index < -0.39 is 29.8 Å². The first-order chi connectivity index (χ1) is 16.4. The highest BCUT2D eigenvalue weighted by Crippen LogP contribution is 2.65. The van der Waals surface area contributed by atoms with E-state index in [9.17, 15) is 24.3 Å². The van der Waals surface area contributed by atoms with Crippen molar-refractivity contribution >= 4 is 42.0 Å². The summed E-state index contributed by atoms with van der Waals surface area (Å²) in [6, 6.07) is 23.7. The Labute approximate surface area is 195 Å². The van der Waals surface area contributed by atoms with E-state index in [0.29, 0.717) is 13.1 Å². The summed E-state index contributed by atoms with van der Waals surface area (Å²) in [4.78, 5) is 38.1.